The van der Waals surface area contributed by atoms with E-state index in [1.54, 1.807) is 15.6 Å². The van der Waals surface area contributed by atoms with Gasteiger partial charge in [0.25, 0.3) is 5.91 Å². The summed E-state index contributed by atoms with van der Waals surface area (Å²) >= 11 is 0. The fraction of sp³-hybridized carbons (Fsp3) is 0.632. The summed E-state index contributed by atoms with van der Waals surface area (Å²) in [6, 6.07) is 0. The van der Waals surface area contributed by atoms with Crippen LogP contribution in [0.15, 0.2) is 12.4 Å². The molecule has 146 valence electrons. The third-order valence-electron chi connectivity index (χ3n) is 5.62. The Bertz CT molecular complexity index is 835. The van der Waals surface area contributed by atoms with Crippen LogP contribution in [0.2, 0.25) is 0 Å². The fourth-order valence-corrected chi connectivity index (χ4v) is 4.12. The maximum absolute atomic E-state index is 13.6. The van der Waals surface area contributed by atoms with Crippen molar-refractivity contribution in [3.05, 3.63) is 29.2 Å². The van der Waals surface area contributed by atoms with Crippen molar-refractivity contribution in [3.63, 3.8) is 0 Å². The number of nitrogens with zero attached hydrogens (tertiary/aromatic N) is 5. The van der Waals surface area contributed by atoms with E-state index in [0.717, 1.165) is 37.3 Å². The van der Waals surface area contributed by atoms with Crippen molar-refractivity contribution in [1.29, 1.82) is 0 Å². The summed E-state index contributed by atoms with van der Waals surface area (Å²) in [4.78, 5) is 15.5. The molecule has 2 aromatic rings. The summed E-state index contributed by atoms with van der Waals surface area (Å²) < 4.78 is 14.9. The van der Waals surface area contributed by atoms with E-state index < -0.39 is 0 Å². The smallest absolute Gasteiger partial charge is 0.259 e. The average molecular weight is 373 g/mol. The largest absolute Gasteiger partial charge is 0.381 e. The number of aromatic nitrogens is 4. The van der Waals surface area contributed by atoms with Gasteiger partial charge in [-0.1, -0.05) is 0 Å². The average Bonchev–Trinajstić information content (AvgIpc) is 3.12. The highest BCUT2D eigenvalue weighted by atomic mass is 16.5. The molecular weight excluding hydrogens is 346 g/mol. The van der Waals surface area contributed by atoms with E-state index in [1.807, 2.05) is 32.0 Å². The molecule has 0 radical (unpaired) electrons. The summed E-state index contributed by atoms with van der Waals surface area (Å²) in [5.41, 5.74) is 2.36. The molecule has 2 aromatic heterocycles. The molecule has 2 aliphatic heterocycles. The van der Waals surface area contributed by atoms with Gasteiger partial charge in [-0.05, 0) is 32.3 Å². The number of amides is 1. The minimum Gasteiger partial charge on any atom is -0.381 e. The summed E-state index contributed by atoms with van der Waals surface area (Å²) in [6.45, 7) is 7.86. The maximum atomic E-state index is 13.6. The van der Waals surface area contributed by atoms with Gasteiger partial charge in [0.05, 0.1) is 25.1 Å². The van der Waals surface area contributed by atoms with Gasteiger partial charge in [-0.3, -0.25) is 4.79 Å². The molecule has 2 saturated heterocycles. The Morgan fingerprint density at radius 2 is 1.96 bits per heavy atom. The minimum atomic E-state index is -0.0109. The van der Waals surface area contributed by atoms with Crippen molar-refractivity contribution < 1.29 is 14.3 Å². The van der Waals surface area contributed by atoms with E-state index in [2.05, 4.69) is 10.2 Å². The molecule has 8 heteroatoms. The zero-order valence-corrected chi connectivity index (χ0v) is 16.3. The molecule has 0 N–H and O–H groups in total. The van der Waals surface area contributed by atoms with Crippen LogP contribution in [0.1, 0.15) is 34.5 Å². The Labute approximate surface area is 159 Å². The Kier molecular flexibility index (Phi) is 4.77. The second-order valence-electron chi connectivity index (χ2n) is 7.76. The van der Waals surface area contributed by atoms with Crippen LogP contribution in [0.3, 0.4) is 0 Å². The van der Waals surface area contributed by atoms with Gasteiger partial charge in [0.2, 0.25) is 0 Å². The zero-order chi connectivity index (χ0) is 19.0. The third-order valence-corrected chi connectivity index (χ3v) is 5.62. The molecule has 0 saturated carbocycles. The molecule has 1 amide bonds. The summed E-state index contributed by atoms with van der Waals surface area (Å²) in [5, 5.41) is 8.89. The number of hydrogen-bond donors (Lipinski definition) is 0. The van der Waals surface area contributed by atoms with Crippen molar-refractivity contribution in [1.82, 2.24) is 24.5 Å². The highest BCUT2D eigenvalue weighted by molar-refractivity contribution is 5.98. The van der Waals surface area contributed by atoms with Crippen LogP contribution in [-0.4, -0.2) is 69.9 Å². The first kappa shape index (κ1) is 18.2. The van der Waals surface area contributed by atoms with Gasteiger partial charge in [0, 0.05) is 45.0 Å². The van der Waals surface area contributed by atoms with Gasteiger partial charge in [0.15, 0.2) is 5.82 Å². The Morgan fingerprint density at radius 3 is 2.67 bits per heavy atom. The molecule has 0 bridgehead atoms. The van der Waals surface area contributed by atoms with Crippen LogP contribution in [0, 0.1) is 19.3 Å². The van der Waals surface area contributed by atoms with Crippen molar-refractivity contribution in [2.75, 3.05) is 39.5 Å². The predicted molar refractivity (Wildman–Crippen MR) is 99.0 cm³/mol. The van der Waals surface area contributed by atoms with Crippen molar-refractivity contribution in [2.45, 2.75) is 26.7 Å². The maximum Gasteiger partial charge on any atom is 0.259 e. The third kappa shape index (κ3) is 3.39. The van der Waals surface area contributed by atoms with Gasteiger partial charge in [-0.2, -0.15) is 10.2 Å². The number of hydrogen-bond acceptors (Lipinski definition) is 5. The highest BCUT2D eigenvalue weighted by Gasteiger charge is 2.39. The lowest BCUT2D eigenvalue weighted by atomic mass is 9.80. The lowest BCUT2D eigenvalue weighted by Gasteiger charge is -2.38. The van der Waals surface area contributed by atoms with Crippen LogP contribution in [0.5, 0.6) is 0 Å². The quantitative estimate of drug-likeness (QED) is 0.797. The van der Waals surface area contributed by atoms with Gasteiger partial charge in [-0.25, -0.2) is 9.36 Å². The first-order valence-electron chi connectivity index (χ1n) is 9.49. The molecular formula is C19H27N5O3. The molecule has 0 aromatic carbocycles. The second kappa shape index (κ2) is 7.09. The van der Waals surface area contributed by atoms with E-state index in [-0.39, 0.29) is 11.3 Å². The second-order valence-corrected chi connectivity index (χ2v) is 7.76. The minimum absolute atomic E-state index is 0.000111. The van der Waals surface area contributed by atoms with E-state index in [9.17, 15) is 4.79 Å². The lowest BCUT2D eigenvalue weighted by molar-refractivity contribution is -0.0304. The molecule has 2 fully saturated rings. The van der Waals surface area contributed by atoms with E-state index in [0.29, 0.717) is 37.7 Å². The highest BCUT2D eigenvalue weighted by Crippen LogP contribution is 2.34. The van der Waals surface area contributed by atoms with E-state index in [1.165, 1.54) is 0 Å². The summed E-state index contributed by atoms with van der Waals surface area (Å²) in [7, 11) is 1.85. The van der Waals surface area contributed by atoms with Crippen molar-refractivity contribution in [2.24, 2.45) is 12.5 Å². The van der Waals surface area contributed by atoms with Gasteiger partial charge < -0.3 is 14.4 Å². The number of aryl methyl sites for hydroxylation is 3. The normalized spacial score (nSPS) is 20.0. The van der Waals surface area contributed by atoms with Crippen LogP contribution in [-0.2, 0) is 16.5 Å². The molecule has 1 spiro atoms. The molecule has 4 rings (SSSR count). The summed E-state index contributed by atoms with van der Waals surface area (Å²) in [5.74, 6) is 0.705. The molecule has 4 heterocycles. The van der Waals surface area contributed by atoms with Gasteiger partial charge in [0.1, 0.15) is 5.56 Å². The monoisotopic (exact) mass is 373 g/mol. The summed E-state index contributed by atoms with van der Waals surface area (Å²) in [6.07, 6.45) is 5.55. The molecule has 27 heavy (non-hydrogen) atoms. The van der Waals surface area contributed by atoms with Crippen LogP contribution >= 0.6 is 0 Å². The van der Waals surface area contributed by atoms with Crippen LogP contribution in [0.25, 0.3) is 5.82 Å². The van der Waals surface area contributed by atoms with Gasteiger partial charge in [-0.15, -0.1) is 0 Å². The number of carbonyl (C=O) groups excluding carboxylic acids is 1. The molecule has 0 aliphatic carbocycles. The van der Waals surface area contributed by atoms with Crippen LogP contribution < -0.4 is 0 Å². The number of ether oxygens (including phenoxy) is 2. The zero-order valence-electron chi connectivity index (χ0n) is 16.3. The number of rotatable bonds is 2. The Balaban J connectivity index is 1.68. The van der Waals surface area contributed by atoms with Gasteiger partial charge >= 0.3 is 0 Å². The fourth-order valence-electron chi connectivity index (χ4n) is 4.12. The molecule has 0 atom stereocenters. The van der Waals surface area contributed by atoms with Crippen molar-refractivity contribution in [3.8, 4) is 5.82 Å². The van der Waals surface area contributed by atoms with E-state index >= 15 is 0 Å². The standard InChI is InChI=1S/C19H27N5O3/c1-14-10-20-24(11-14)17-16(15(2)21-22(17)3)18(25)23-6-9-27-13-19(12-23)4-7-26-8-5-19/h10-11H,4-9,12-13H2,1-3H3. The molecule has 0 unspecified atom stereocenters. The number of carbonyl (C=O) groups is 1. The topological polar surface area (TPSA) is 74.4 Å². The van der Waals surface area contributed by atoms with E-state index in [4.69, 9.17) is 9.47 Å². The first-order valence-corrected chi connectivity index (χ1v) is 9.49. The van der Waals surface area contributed by atoms with Crippen molar-refractivity contribution >= 4 is 5.91 Å². The predicted octanol–water partition coefficient (Wildman–Crippen LogP) is 1.49. The first-order chi connectivity index (χ1) is 13.0. The molecule has 8 nitrogen and oxygen atoms in total. The SMILES string of the molecule is Cc1cnn(-c2c(C(=O)N3CCOCC4(CCOCC4)C3)c(C)nn2C)c1. The molecule has 2 aliphatic rings. The van der Waals surface area contributed by atoms with Crippen LogP contribution in [0.4, 0.5) is 0 Å². The lowest BCUT2D eigenvalue weighted by Crippen LogP contribution is -2.45. The Morgan fingerprint density at radius 1 is 1.19 bits per heavy atom. The Hall–Kier alpha value is -2.19.